The fourth-order valence-corrected chi connectivity index (χ4v) is 4.30. The van der Waals surface area contributed by atoms with Crippen molar-refractivity contribution in [2.24, 2.45) is 0 Å². The number of amides is 2. The predicted molar refractivity (Wildman–Crippen MR) is 177 cm³/mol. The van der Waals surface area contributed by atoms with Crippen LogP contribution in [0.4, 0.5) is 70.2 Å². The summed E-state index contributed by atoms with van der Waals surface area (Å²) in [7, 11) is 2.45. The minimum atomic E-state index is -5.27. The van der Waals surface area contributed by atoms with E-state index in [1.54, 1.807) is 24.3 Å². The molecule has 0 aliphatic heterocycles. The smallest absolute Gasteiger partial charge is 0.418 e. The normalized spacial score (nSPS) is 10.8. The number of para-hydroxylation sites is 2. The topological polar surface area (TPSA) is 212 Å². The van der Waals surface area contributed by atoms with Gasteiger partial charge in [0, 0.05) is 12.3 Å². The van der Waals surface area contributed by atoms with E-state index >= 15 is 0 Å². The molecule has 1 aromatic heterocycles. The minimum Gasteiger partial charge on any atom is -0.453 e. The summed E-state index contributed by atoms with van der Waals surface area (Å²) in [4.78, 5) is 45.0. The van der Waals surface area contributed by atoms with Gasteiger partial charge < -0.3 is 25.4 Å². The molecule has 0 saturated carbocycles. The number of benzene rings is 2. The number of alkyl halides is 6. The molecule has 0 saturated heterocycles. The lowest BCUT2D eigenvalue weighted by Crippen LogP contribution is -2.35. The molecule has 0 aliphatic rings. The second-order valence-electron chi connectivity index (χ2n) is 8.86. The van der Waals surface area contributed by atoms with Crippen LogP contribution in [0.5, 0.6) is 0 Å². The Morgan fingerprint density at radius 2 is 1.33 bits per heavy atom. The van der Waals surface area contributed by atoms with Gasteiger partial charge in [-0.3, -0.25) is 30.9 Å². The van der Waals surface area contributed by atoms with Crippen molar-refractivity contribution >= 4 is 104 Å². The van der Waals surface area contributed by atoms with E-state index < -0.39 is 78.4 Å². The van der Waals surface area contributed by atoms with E-state index in [1.807, 2.05) is 5.32 Å². The summed E-state index contributed by atoms with van der Waals surface area (Å²) in [5, 5.41) is 32.4. The van der Waals surface area contributed by atoms with Crippen molar-refractivity contribution in [2.75, 3.05) is 30.2 Å². The molecule has 5 N–H and O–H groups in total. The Morgan fingerprint density at radius 1 is 0.843 bits per heavy atom. The zero-order chi connectivity index (χ0) is 38.8. The standard InChI is InChI=1S/C13H4Cl2F6N4O4.C12H14N4O4S2/c14-6-1-4(12(16,17)18)3-22-11(6)23-9-7(24(26)27)2-5(13(19,20)21)8(15)10(9)25(28)29;1-19-11(17)15-9(21)13-7-5-3-4-6-8(7)14-10(22)16-12(18)20-2/h1-3H,(H,22,23);3-6H,1-2H3,(H2,13,15,17,21)(H2,14,16,18,22). The van der Waals surface area contributed by atoms with Crippen molar-refractivity contribution in [3.8, 4) is 0 Å². The maximum Gasteiger partial charge on any atom is 0.418 e. The summed E-state index contributed by atoms with van der Waals surface area (Å²) in [6.45, 7) is 0. The molecule has 274 valence electrons. The van der Waals surface area contributed by atoms with Gasteiger partial charge in [0.25, 0.3) is 0 Å². The number of methoxy groups -OCH3 is 2. The second kappa shape index (κ2) is 17.6. The van der Waals surface area contributed by atoms with Gasteiger partial charge in [0.2, 0.25) is 0 Å². The molecule has 26 heteroatoms. The van der Waals surface area contributed by atoms with E-state index in [4.69, 9.17) is 47.6 Å². The number of nitro benzene ring substituents is 2. The molecule has 0 bridgehead atoms. The summed E-state index contributed by atoms with van der Waals surface area (Å²) in [6, 6.07) is 7.22. The minimum absolute atomic E-state index is 0.0490. The number of rotatable bonds is 6. The Balaban J connectivity index is 0.000000368. The molecule has 0 unspecified atom stereocenters. The number of nitrogens with one attached hydrogen (secondary N) is 5. The van der Waals surface area contributed by atoms with Crippen molar-refractivity contribution in [1.82, 2.24) is 15.6 Å². The van der Waals surface area contributed by atoms with Gasteiger partial charge in [0.05, 0.1) is 51.6 Å². The lowest BCUT2D eigenvalue weighted by atomic mass is 10.1. The number of hydrogen-bond donors (Lipinski definition) is 5. The lowest BCUT2D eigenvalue weighted by molar-refractivity contribution is -0.392. The van der Waals surface area contributed by atoms with E-state index in [1.165, 1.54) is 14.2 Å². The molecule has 3 rings (SSSR count). The molecule has 0 aliphatic carbocycles. The van der Waals surface area contributed by atoms with Crippen LogP contribution in [0.1, 0.15) is 11.1 Å². The van der Waals surface area contributed by atoms with Gasteiger partial charge in [0.15, 0.2) is 15.9 Å². The van der Waals surface area contributed by atoms with Gasteiger partial charge in [-0.15, -0.1) is 0 Å². The van der Waals surface area contributed by atoms with E-state index in [2.05, 4.69) is 35.7 Å². The highest BCUT2D eigenvalue weighted by Crippen LogP contribution is 2.48. The highest BCUT2D eigenvalue weighted by atomic mass is 35.5. The number of anilines is 4. The third-order valence-corrected chi connectivity index (χ3v) is 6.62. The van der Waals surface area contributed by atoms with Gasteiger partial charge in [-0.1, -0.05) is 35.3 Å². The Bertz CT molecular complexity index is 1820. The van der Waals surface area contributed by atoms with Crippen molar-refractivity contribution in [2.45, 2.75) is 12.4 Å². The lowest BCUT2D eigenvalue weighted by Gasteiger charge is -2.15. The van der Waals surface area contributed by atoms with Gasteiger partial charge in [-0.05, 0) is 42.6 Å². The predicted octanol–water partition coefficient (Wildman–Crippen LogP) is 7.78. The van der Waals surface area contributed by atoms with Crippen LogP contribution in [0.25, 0.3) is 0 Å². The number of thiocarbonyl (C=S) groups is 2. The molecule has 0 spiro atoms. The summed E-state index contributed by atoms with van der Waals surface area (Å²) < 4.78 is 85.9. The van der Waals surface area contributed by atoms with Crippen LogP contribution in [-0.4, -0.2) is 51.5 Å². The van der Waals surface area contributed by atoms with Crippen LogP contribution < -0.4 is 26.6 Å². The molecular formula is C25H18Cl2F6N8O8S2. The number of nitro groups is 2. The largest absolute Gasteiger partial charge is 0.453 e. The zero-order valence-corrected chi connectivity index (χ0v) is 28.1. The fourth-order valence-electron chi connectivity index (χ4n) is 3.37. The summed E-state index contributed by atoms with van der Waals surface area (Å²) in [5.74, 6) is -0.721. The number of carbonyl (C=O) groups excluding carboxylic acids is 2. The van der Waals surface area contributed by atoms with E-state index in [9.17, 15) is 56.2 Å². The van der Waals surface area contributed by atoms with E-state index in [-0.39, 0.29) is 22.5 Å². The number of halogens is 8. The number of ether oxygens (including phenoxy) is 2. The van der Waals surface area contributed by atoms with E-state index in [0.717, 1.165) is 0 Å². The first-order chi connectivity index (χ1) is 23.6. The molecular weight excluding hydrogens is 789 g/mol. The molecule has 0 radical (unpaired) electrons. The van der Waals surface area contributed by atoms with Gasteiger partial charge in [-0.25, -0.2) is 14.6 Å². The van der Waals surface area contributed by atoms with Gasteiger partial charge in [0.1, 0.15) is 10.8 Å². The van der Waals surface area contributed by atoms with Gasteiger partial charge >= 0.3 is 35.9 Å². The van der Waals surface area contributed by atoms with Crippen LogP contribution in [-0.2, 0) is 21.8 Å². The van der Waals surface area contributed by atoms with Gasteiger partial charge in [-0.2, -0.15) is 26.3 Å². The number of pyridine rings is 1. The van der Waals surface area contributed by atoms with Crippen LogP contribution in [0, 0.1) is 20.2 Å². The van der Waals surface area contributed by atoms with Crippen molar-refractivity contribution in [3.05, 3.63) is 84.0 Å². The highest BCUT2D eigenvalue weighted by molar-refractivity contribution is 7.80. The number of nitrogens with zero attached hydrogens (tertiary/aromatic N) is 3. The maximum atomic E-state index is 13.0. The molecule has 2 amide bonds. The highest BCUT2D eigenvalue weighted by Gasteiger charge is 2.42. The summed E-state index contributed by atoms with van der Waals surface area (Å²) in [5.41, 5.74) is -6.18. The Labute approximate surface area is 301 Å². The van der Waals surface area contributed by atoms with E-state index in [0.29, 0.717) is 17.4 Å². The zero-order valence-electron chi connectivity index (χ0n) is 25.0. The molecule has 2 aromatic carbocycles. The number of aromatic nitrogens is 1. The molecule has 1 heterocycles. The quantitative estimate of drug-likeness (QED) is 0.0697. The summed E-state index contributed by atoms with van der Waals surface area (Å²) in [6.07, 6.45) is -11.2. The molecule has 0 atom stereocenters. The molecule has 51 heavy (non-hydrogen) atoms. The second-order valence-corrected chi connectivity index (χ2v) is 10.5. The Morgan fingerprint density at radius 3 is 1.71 bits per heavy atom. The molecule has 3 aromatic rings. The van der Waals surface area contributed by atoms with Crippen LogP contribution in [0.2, 0.25) is 10.0 Å². The summed E-state index contributed by atoms with van der Waals surface area (Å²) >= 11 is 21.0. The van der Waals surface area contributed by atoms with Crippen molar-refractivity contribution < 1.29 is 55.3 Å². The fraction of sp³-hybridized carbons (Fsp3) is 0.160. The van der Waals surface area contributed by atoms with Crippen LogP contribution in [0.15, 0.2) is 42.6 Å². The van der Waals surface area contributed by atoms with Crippen molar-refractivity contribution in [3.63, 3.8) is 0 Å². The number of carbonyl (C=O) groups is 2. The Hall–Kier alpha value is -5.33. The number of hydrogen-bond acceptors (Lipinski definition) is 12. The first-order valence-electron chi connectivity index (χ1n) is 12.7. The Kier molecular flexibility index (Phi) is 14.4. The first kappa shape index (κ1) is 41.8. The third kappa shape index (κ3) is 11.9. The molecule has 0 fully saturated rings. The average Bonchev–Trinajstić information content (AvgIpc) is 3.01. The average molecular weight is 807 g/mol. The SMILES string of the molecule is COC(=O)NC(=S)Nc1ccccc1NC(=S)NC(=O)OC.O=[N+]([O-])c1cc(C(F)(F)F)c(Cl)c([N+](=O)[O-])c1Nc1ncc(C(F)(F)F)cc1Cl. The van der Waals surface area contributed by atoms with Crippen molar-refractivity contribution in [1.29, 1.82) is 0 Å². The maximum absolute atomic E-state index is 13.0. The number of alkyl carbamates (subject to hydrolysis) is 2. The first-order valence-corrected chi connectivity index (χ1v) is 14.3. The third-order valence-electron chi connectivity index (χ3n) is 5.54. The molecule has 16 nitrogen and oxygen atoms in total. The van der Waals surface area contributed by atoms with Crippen LogP contribution >= 0.6 is 47.6 Å². The monoisotopic (exact) mass is 806 g/mol. The van der Waals surface area contributed by atoms with Crippen LogP contribution in [0.3, 0.4) is 0 Å².